The predicted molar refractivity (Wildman–Crippen MR) is 90.5 cm³/mol. The van der Waals surface area contributed by atoms with Crippen molar-refractivity contribution in [2.75, 3.05) is 5.73 Å². The van der Waals surface area contributed by atoms with Crippen molar-refractivity contribution >= 4 is 34.4 Å². The maximum atomic E-state index is 12.1. The van der Waals surface area contributed by atoms with Crippen LogP contribution in [0.1, 0.15) is 25.1 Å². The minimum atomic E-state index is -1.36. The third kappa shape index (κ3) is 4.63. The number of carbonyl (C=O) groups is 2. The van der Waals surface area contributed by atoms with Crippen molar-refractivity contribution in [2.24, 2.45) is 5.16 Å². The van der Waals surface area contributed by atoms with Crippen LogP contribution < -0.4 is 5.73 Å². The van der Waals surface area contributed by atoms with Gasteiger partial charge >= 0.3 is 5.97 Å². The normalized spacial score (nSPS) is 11.8. The SMILES string of the molecule is CC(C)(O/N=C(\C=O)c1csc(N)n1)C(=O)OCc1ccccc1. The first-order valence-electron chi connectivity index (χ1n) is 7.06. The third-order valence-electron chi connectivity index (χ3n) is 2.97. The lowest BCUT2D eigenvalue weighted by Crippen LogP contribution is -2.35. The van der Waals surface area contributed by atoms with E-state index < -0.39 is 11.6 Å². The molecular weight excluding hydrogens is 330 g/mol. The summed E-state index contributed by atoms with van der Waals surface area (Å²) in [7, 11) is 0. The summed E-state index contributed by atoms with van der Waals surface area (Å²) in [4.78, 5) is 32.4. The van der Waals surface area contributed by atoms with Gasteiger partial charge in [-0.05, 0) is 19.4 Å². The number of hydrogen-bond acceptors (Lipinski definition) is 8. The molecule has 8 heteroatoms. The first-order valence-corrected chi connectivity index (χ1v) is 7.94. The van der Waals surface area contributed by atoms with Crippen LogP contribution >= 0.6 is 11.3 Å². The molecule has 24 heavy (non-hydrogen) atoms. The largest absolute Gasteiger partial charge is 0.458 e. The van der Waals surface area contributed by atoms with Crippen molar-refractivity contribution in [1.29, 1.82) is 0 Å². The zero-order valence-corrected chi connectivity index (χ0v) is 14.1. The lowest BCUT2D eigenvalue weighted by atomic mass is 10.1. The van der Waals surface area contributed by atoms with Gasteiger partial charge in [-0.1, -0.05) is 35.5 Å². The Morgan fingerprint density at radius 2 is 2.08 bits per heavy atom. The Kier molecular flexibility index (Phi) is 5.64. The van der Waals surface area contributed by atoms with Crippen molar-refractivity contribution in [1.82, 2.24) is 4.98 Å². The molecule has 0 radical (unpaired) electrons. The second-order valence-corrected chi connectivity index (χ2v) is 6.22. The van der Waals surface area contributed by atoms with Gasteiger partial charge in [0.1, 0.15) is 12.3 Å². The predicted octanol–water partition coefficient (Wildman–Crippen LogP) is 2.17. The molecule has 7 nitrogen and oxygen atoms in total. The summed E-state index contributed by atoms with van der Waals surface area (Å²) in [6.45, 7) is 3.13. The summed E-state index contributed by atoms with van der Waals surface area (Å²) in [6.07, 6.45) is 0.486. The highest BCUT2D eigenvalue weighted by atomic mass is 32.1. The number of ether oxygens (including phenoxy) is 1. The van der Waals surface area contributed by atoms with Crippen molar-refractivity contribution in [3.63, 3.8) is 0 Å². The quantitative estimate of drug-likeness (QED) is 0.356. The van der Waals surface area contributed by atoms with Gasteiger partial charge in [0.15, 0.2) is 17.1 Å². The number of nitrogen functional groups attached to an aromatic ring is 1. The summed E-state index contributed by atoms with van der Waals surface area (Å²) in [6, 6.07) is 9.27. The molecular formula is C16H17N3O4S. The Morgan fingerprint density at radius 3 is 2.67 bits per heavy atom. The molecule has 0 aliphatic heterocycles. The topological polar surface area (TPSA) is 104 Å². The summed E-state index contributed by atoms with van der Waals surface area (Å²) in [5.74, 6) is -0.599. The average molecular weight is 347 g/mol. The van der Waals surface area contributed by atoms with E-state index in [1.54, 1.807) is 5.38 Å². The van der Waals surface area contributed by atoms with E-state index >= 15 is 0 Å². The van der Waals surface area contributed by atoms with E-state index in [0.717, 1.165) is 5.56 Å². The fourth-order valence-electron chi connectivity index (χ4n) is 1.63. The van der Waals surface area contributed by atoms with Crippen molar-refractivity contribution in [2.45, 2.75) is 26.1 Å². The van der Waals surface area contributed by atoms with Gasteiger partial charge < -0.3 is 15.3 Å². The number of oxime groups is 1. The van der Waals surface area contributed by atoms with Crippen LogP contribution in [0.3, 0.4) is 0 Å². The Bertz CT molecular complexity index is 741. The van der Waals surface area contributed by atoms with E-state index in [1.807, 2.05) is 30.3 Å². The molecule has 0 aliphatic carbocycles. The highest BCUT2D eigenvalue weighted by Gasteiger charge is 2.32. The van der Waals surface area contributed by atoms with Crippen molar-refractivity contribution < 1.29 is 19.2 Å². The molecule has 2 N–H and O–H groups in total. The Morgan fingerprint density at radius 1 is 1.38 bits per heavy atom. The summed E-state index contributed by atoms with van der Waals surface area (Å²) >= 11 is 1.17. The molecule has 0 saturated heterocycles. The number of hydrogen-bond donors (Lipinski definition) is 1. The van der Waals surface area contributed by atoms with Gasteiger partial charge in [-0.3, -0.25) is 4.79 Å². The van der Waals surface area contributed by atoms with E-state index in [9.17, 15) is 9.59 Å². The van der Waals surface area contributed by atoms with Gasteiger partial charge in [0, 0.05) is 5.38 Å². The number of thiazole rings is 1. The van der Waals surface area contributed by atoms with Crippen LogP contribution in [0.25, 0.3) is 0 Å². The van der Waals surface area contributed by atoms with Gasteiger partial charge in [-0.2, -0.15) is 0 Å². The number of nitrogens with zero attached hydrogens (tertiary/aromatic N) is 2. The number of nitrogens with two attached hydrogens (primary N) is 1. The Hall–Kier alpha value is -2.74. The lowest BCUT2D eigenvalue weighted by Gasteiger charge is -2.20. The number of anilines is 1. The van der Waals surface area contributed by atoms with Gasteiger partial charge in [0.2, 0.25) is 5.60 Å². The summed E-state index contributed by atoms with van der Waals surface area (Å²) < 4.78 is 5.21. The van der Waals surface area contributed by atoms with Gasteiger partial charge in [-0.25, -0.2) is 9.78 Å². The first-order chi connectivity index (χ1) is 11.4. The molecule has 0 fully saturated rings. The van der Waals surface area contributed by atoms with Gasteiger partial charge in [0.05, 0.1) is 0 Å². The second kappa shape index (κ2) is 7.69. The van der Waals surface area contributed by atoms with E-state index in [1.165, 1.54) is 25.2 Å². The molecule has 2 rings (SSSR count). The zero-order chi connectivity index (χ0) is 17.6. The molecule has 0 spiro atoms. The van der Waals surface area contributed by atoms with Crippen LogP contribution in [-0.2, 0) is 25.8 Å². The third-order valence-corrected chi connectivity index (χ3v) is 3.65. The fourth-order valence-corrected chi connectivity index (χ4v) is 2.19. The van der Waals surface area contributed by atoms with E-state index in [4.69, 9.17) is 15.3 Å². The summed E-state index contributed by atoms with van der Waals surface area (Å²) in [5.41, 5.74) is 5.26. The summed E-state index contributed by atoms with van der Waals surface area (Å²) in [5, 5.41) is 5.59. The number of benzene rings is 1. The highest BCUT2D eigenvalue weighted by molar-refractivity contribution is 7.13. The fraction of sp³-hybridized carbons (Fsp3) is 0.250. The monoisotopic (exact) mass is 347 g/mol. The maximum Gasteiger partial charge on any atom is 0.353 e. The molecule has 1 aromatic heterocycles. The molecule has 0 unspecified atom stereocenters. The maximum absolute atomic E-state index is 12.1. The number of carbonyl (C=O) groups excluding carboxylic acids is 2. The smallest absolute Gasteiger partial charge is 0.353 e. The molecule has 0 aliphatic rings. The van der Waals surface area contributed by atoms with Crippen LogP contribution in [0.15, 0.2) is 40.9 Å². The molecule has 0 amide bonds. The van der Waals surface area contributed by atoms with E-state index in [-0.39, 0.29) is 12.3 Å². The Balaban J connectivity index is 1.99. The molecule has 0 bridgehead atoms. The van der Waals surface area contributed by atoms with E-state index in [2.05, 4.69) is 10.1 Å². The number of esters is 1. The van der Waals surface area contributed by atoms with Crippen LogP contribution in [0.4, 0.5) is 5.13 Å². The minimum absolute atomic E-state index is 0.0492. The van der Waals surface area contributed by atoms with Crippen LogP contribution in [-0.4, -0.2) is 28.6 Å². The number of aromatic nitrogens is 1. The molecule has 0 atom stereocenters. The standard InChI is InChI=1S/C16H17N3O4S/c1-16(2,14(21)22-9-11-6-4-3-5-7-11)23-19-12(8-20)13-10-24-15(17)18-13/h3-8,10H,9H2,1-2H3,(H2,17,18)/b19-12+. The van der Waals surface area contributed by atoms with Crippen molar-refractivity contribution in [3.8, 4) is 0 Å². The minimum Gasteiger partial charge on any atom is -0.458 e. The van der Waals surface area contributed by atoms with Gasteiger partial charge in [-0.15, -0.1) is 11.3 Å². The molecule has 2 aromatic rings. The molecule has 0 saturated carbocycles. The van der Waals surface area contributed by atoms with E-state index in [0.29, 0.717) is 17.1 Å². The lowest BCUT2D eigenvalue weighted by molar-refractivity contribution is -0.169. The highest BCUT2D eigenvalue weighted by Crippen LogP contribution is 2.16. The first kappa shape index (κ1) is 17.6. The van der Waals surface area contributed by atoms with Crippen LogP contribution in [0.2, 0.25) is 0 Å². The number of aldehydes is 1. The van der Waals surface area contributed by atoms with Crippen LogP contribution in [0, 0.1) is 0 Å². The number of rotatable bonds is 7. The average Bonchev–Trinajstić information content (AvgIpc) is 3.00. The zero-order valence-electron chi connectivity index (χ0n) is 13.3. The molecule has 1 aromatic carbocycles. The van der Waals surface area contributed by atoms with Crippen molar-refractivity contribution in [3.05, 3.63) is 47.0 Å². The molecule has 126 valence electrons. The van der Waals surface area contributed by atoms with Crippen LogP contribution in [0.5, 0.6) is 0 Å². The molecule has 1 heterocycles. The van der Waals surface area contributed by atoms with Gasteiger partial charge in [0.25, 0.3) is 0 Å². The Labute approximate surface area is 143 Å². The second-order valence-electron chi connectivity index (χ2n) is 5.33.